The molecular formula is C22H27N3O6S. The summed E-state index contributed by atoms with van der Waals surface area (Å²) in [7, 11) is 5.94. The molecular weight excluding hydrogens is 434 g/mol. The molecule has 0 aliphatic rings. The predicted octanol–water partition coefficient (Wildman–Crippen LogP) is 2.45. The first-order valence-corrected chi connectivity index (χ1v) is 10.6. The SMILES string of the molecule is CNC(=O)c1ccc(CN(C)CCC(=O)Nc2sc(C(=O)OC)c(C)c2C(=O)OC)cc1. The number of nitrogens with zero attached hydrogens (tertiary/aromatic N) is 1. The summed E-state index contributed by atoms with van der Waals surface area (Å²) in [4.78, 5) is 50.4. The molecule has 1 aromatic heterocycles. The molecule has 9 nitrogen and oxygen atoms in total. The molecule has 2 aromatic rings. The highest BCUT2D eigenvalue weighted by Gasteiger charge is 2.26. The van der Waals surface area contributed by atoms with E-state index >= 15 is 0 Å². The third-order valence-corrected chi connectivity index (χ3v) is 5.96. The van der Waals surface area contributed by atoms with E-state index < -0.39 is 11.9 Å². The van der Waals surface area contributed by atoms with E-state index in [1.807, 2.05) is 24.1 Å². The van der Waals surface area contributed by atoms with Gasteiger partial charge in [0.2, 0.25) is 5.91 Å². The van der Waals surface area contributed by atoms with Crippen LogP contribution in [0.15, 0.2) is 24.3 Å². The van der Waals surface area contributed by atoms with Gasteiger partial charge in [-0.05, 0) is 37.2 Å². The molecule has 0 unspecified atom stereocenters. The highest BCUT2D eigenvalue weighted by atomic mass is 32.1. The standard InChI is InChI=1S/C22H27N3O6S/c1-13-17(21(28)30-4)20(32-18(13)22(29)31-5)24-16(26)10-11-25(3)12-14-6-8-15(9-7-14)19(27)23-2/h6-9H,10-12H2,1-5H3,(H,23,27)(H,24,26). The molecule has 1 heterocycles. The van der Waals surface area contributed by atoms with Crippen molar-refractivity contribution in [1.29, 1.82) is 0 Å². The van der Waals surface area contributed by atoms with Crippen molar-refractivity contribution >= 4 is 40.1 Å². The first-order valence-electron chi connectivity index (χ1n) is 9.81. The summed E-state index contributed by atoms with van der Waals surface area (Å²) in [6.07, 6.45) is 0.179. The molecule has 0 radical (unpaired) electrons. The number of hydrogen-bond acceptors (Lipinski definition) is 8. The van der Waals surface area contributed by atoms with Gasteiger partial charge in [-0.15, -0.1) is 11.3 Å². The first-order chi connectivity index (χ1) is 15.2. The molecule has 2 rings (SSSR count). The minimum Gasteiger partial charge on any atom is -0.465 e. The number of rotatable bonds is 9. The van der Waals surface area contributed by atoms with Crippen LogP contribution in [-0.2, 0) is 20.8 Å². The average Bonchev–Trinajstić information content (AvgIpc) is 3.12. The Morgan fingerprint density at radius 2 is 1.66 bits per heavy atom. The molecule has 0 saturated heterocycles. The third-order valence-electron chi connectivity index (χ3n) is 4.78. The van der Waals surface area contributed by atoms with Crippen LogP contribution in [0.25, 0.3) is 0 Å². The first kappa shape index (κ1) is 25.0. The van der Waals surface area contributed by atoms with Gasteiger partial charge >= 0.3 is 11.9 Å². The second kappa shape index (κ2) is 11.4. The molecule has 1 aromatic carbocycles. The van der Waals surface area contributed by atoms with Crippen LogP contribution in [0.1, 0.15) is 47.9 Å². The molecule has 0 aliphatic carbocycles. The maximum Gasteiger partial charge on any atom is 0.348 e. The molecule has 10 heteroatoms. The maximum atomic E-state index is 12.5. The molecule has 0 fully saturated rings. The number of thiophene rings is 1. The zero-order valence-electron chi connectivity index (χ0n) is 18.7. The van der Waals surface area contributed by atoms with Crippen molar-refractivity contribution in [2.75, 3.05) is 40.2 Å². The number of amides is 2. The lowest BCUT2D eigenvalue weighted by Gasteiger charge is -2.16. The normalized spacial score (nSPS) is 10.6. The molecule has 0 saturated carbocycles. The van der Waals surface area contributed by atoms with E-state index in [1.165, 1.54) is 14.2 Å². The molecule has 32 heavy (non-hydrogen) atoms. The van der Waals surface area contributed by atoms with Gasteiger partial charge in [-0.25, -0.2) is 9.59 Å². The lowest BCUT2D eigenvalue weighted by atomic mass is 10.1. The number of hydrogen-bond donors (Lipinski definition) is 2. The second-order valence-corrected chi connectivity index (χ2v) is 8.08. The lowest BCUT2D eigenvalue weighted by Crippen LogP contribution is -2.24. The van der Waals surface area contributed by atoms with Crippen molar-refractivity contribution in [2.24, 2.45) is 0 Å². The number of nitrogens with one attached hydrogen (secondary N) is 2. The van der Waals surface area contributed by atoms with Gasteiger partial charge in [-0.2, -0.15) is 0 Å². The van der Waals surface area contributed by atoms with Crippen molar-refractivity contribution in [3.63, 3.8) is 0 Å². The maximum absolute atomic E-state index is 12.5. The summed E-state index contributed by atoms with van der Waals surface area (Å²) in [5, 5.41) is 5.54. The van der Waals surface area contributed by atoms with Gasteiger partial charge in [0.25, 0.3) is 5.91 Å². The van der Waals surface area contributed by atoms with Crippen LogP contribution in [0.4, 0.5) is 5.00 Å². The fourth-order valence-electron chi connectivity index (χ4n) is 3.01. The van der Waals surface area contributed by atoms with E-state index in [0.29, 0.717) is 24.2 Å². The molecule has 2 amide bonds. The fourth-order valence-corrected chi connectivity index (χ4v) is 4.14. The van der Waals surface area contributed by atoms with Gasteiger partial charge in [0.1, 0.15) is 9.88 Å². The van der Waals surface area contributed by atoms with E-state index in [1.54, 1.807) is 26.1 Å². The number of carbonyl (C=O) groups is 4. The van der Waals surface area contributed by atoms with Crippen LogP contribution in [0.5, 0.6) is 0 Å². The van der Waals surface area contributed by atoms with Crippen molar-refractivity contribution in [3.05, 3.63) is 51.4 Å². The summed E-state index contributed by atoms with van der Waals surface area (Å²) < 4.78 is 9.54. The molecule has 2 N–H and O–H groups in total. The van der Waals surface area contributed by atoms with Gasteiger partial charge in [0.15, 0.2) is 0 Å². The van der Waals surface area contributed by atoms with Crippen LogP contribution in [0, 0.1) is 6.92 Å². The molecule has 0 spiro atoms. The Hall–Kier alpha value is -3.24. The Labute approximate surface area is 190 Å². The highest BCUT2D eigenvalue weighted by Crippen LogP contribution is 2.34. The van der Waals surface area contributed by atoms with E-state index in [0.717, 1.165) is 16.9 Å². The number of carbonyl (C=O) groups excluding carboxylic acids is 4. The highest BCUT2D eigenvalue weighted by molar-refractivity contribution is 7.18. The fraction of sp³-hybridized carbons (Fsp3) is 0.364. The van der Waals surface area contributed by atoms with Gasteiger partial charge in [-0.1, -0.05) is 12.1 Å². The van der Waals surface area contributed by atoms with Crippen LogP contribution in [0.3, 0.4) is 0 Å². The van der Waals surface area contributed by atoms with E-state index in [2.05, 4.69) is 10.6 Å². The van der Waals surface area contributed by atoms with E-state index in [9.17, 15) is 19.2 Å². The zero-order valence-corrected chi connectivity index (χ0v) is 19.6. The minimum absolute atomic E-state index is 0.146. The summed E-state index contributed by atoms with van der Waals surface area (Å²) in [5.41, 5.74) is 2.14. The Morgan fingerprint density at radius 1 is 1.03 bits per heavy atom. The third kappa shape index (κ3) is 6.14. The van der Waals surface area contributed by atoms with Crippen LogP contribution >= 0.6 is 11.3 Å². The van der Waals surface area contributed by atoms with Gasteiger partial charge in [0.05, 0.1) is 19.8 Å². The zero-order chi connectivity index (χ0) is 23.8. The number of esters is 2. The molecule has 0 aliphatic heterocycles. The van der Waals surface area contributed by atoms with Crippen molar-refractivity contribution in [3.8, 4) is 0 Å². The average molecular weight is 462 g/mol. The Bertz CT molecular complexity index is 1000. The minimum atomic E-state index is -0.637. The van der Waals surface area contributed by atoms with Gasteiger partial charge in [0, 0.05) is 32.1 Å². The molecule has 0 bridgehead atoms. The van der Waals surface area contributed by atoms with Crippen LogP contribution in [-0.4, -0.2) is 63.5 Å². The monoisotopic (exact) mass is 461 g/mol. The number of ether oxygens (including phenoxy) is 2. The summed E-state index contributed by atoms with van der Waals surface area (Å²) in [6, 6.07) is 7.24. The van der Waals surface area contributed by atoms with Crippen molar-refractivity contribution in [2.45, 2.75) is 19.9 Å². The number of anilines is 1. The summed E-state index contributed by atoms with van der Waals surface area (Å²) in [6.45, 7) is 2.66. The Balaban J connectivity index is 1.99. The Kier molecular flexibility index (Phi) is 8.91. The number of benzene rings is 1. The largest absolute Gasteiger partial charge is 0.465 e. The molecule has 172 valence electrons. The van der Waals surface area contributed by atoms with Crippen molar-refractivity contribution in [1.82, 2.24) is 10.2 Å². The predicted molar refractivity (Wildman–Crippen MR) is 121 cm³/mol. The summed E-state index contributed by atoms with van der Waals surface area (Å²) >= 11 is 0.980. The lowest BCUT2D eigenvalue weighted by molar-refractivity contribution is -0.116. The smallest absolute Gasteiger partial charge is 0.348 e. The van der Waals surface area contributed by atoms with E-state index in [4.69, 9.17) is 9.47 Å². The Morgan fingerprint density at radius 3 is 2.22 bits per heavy atom. The van der Waals surface area contributed by atoms with Crippen LogP contribution < -0.4 is 10.6 Å². The van der Waals surface area contributed by atoms with E-state index in [-0.39, 0.29) is 33.7 Å². The van der Waals surface area contributed by atoms with Gasteiger partial charge < -0.3 is 25.0 Å². The number of methoxy groups -OCH3 is 2. The quantitative estimate of drug-likeness (QED) is 0.551. The topological polar surface area (TPSA) is 114 Å². The molecule has 0 atom stereocenters. The van der Waals surface area contributed by atoms with Gasteiger partial charge in [-0.3, -0.25) is 9.59 Å². The second-order valence-electron chi connectivity index (χ2n) is 7.06. The summed E-state index contributed by atoms with van der Waals surface area (Å²) in [5.74, 6) is -1.66. The van der Waals surface area contributed by atoms with Crippen molar-refractivity contribution < 1.29 is 28.7 Å². The van der Waals surface area contributed by atoms with Crippen LogP contribution in [0.2, 0.25) is 0 Å².